The van der Waals surface area contributed by atoms with Gasteiger partial charge in [-0.05, 0) is 61.6 Å². The zero-order chi connectivity index (χ0) is 25.9. The Morgan fingerprint density at radius 2 is 1.92 bits per heavy atom. The smallest absolute Gasteiger partial charge is 0.417 e. The molecule has 0 aliphatic carbocycles. The Balaban J connectivity index is 1.32. The SMILES string of the molecule is N#Cc1ccccc1N1CCC(NC(C(=O)N2C(=O)OCC2c2ccc(F)c(F)c2)C2CCNC2)CC1. The first-order valence-corrected chi connectivity index (χ1v) is 12.6. The van der Waals surface area contributed by atoms with Crippen LogP contribution < -0.4 is 15.5 Å². The van der Waals surface area contributed by atoms with E-state index < -0.39 is 35.7 Å². The number of nitriles is 1. The first kappa shape index (κ1) is 25.1. The number of cyclic esters (lactones) is 1. The number of piperidine rings is 1. The van der Waals surface area contributed by atoms with E-state index in [-0.39, 0.29) is 18.6 Å². The number of amides is 2. The van der Waals surface area contributed by atoms with E-state index in [1.54, 1.807) is 6.07 Å². The highest BCUT2D eigenvalue weighted by Gasteiger charge is 2.45. The first-order valence-electron chi connectivity index (χ1n) is 12.6. The lowest BCUT2D eigenvalue weighted by atomic mass is 9.93. The maximum atomic E-state index is 13.9. The van der Waals surface area contributed by atoms with Crippen LogP contribution in [0.4, 0.5) is 19.3 Å². The second-order valence-corrected chi connectivity index (χ2v) is 9.76. The number of hydrogen-bond acceptors (Lipinski definition) is 7. The van der Waals surface area contributed by atoms with Crippen molar-refractivity contribution in [2.75, 3.05) is 37.7 Å². The van der Waals surface area contributed by atoms with Crippen molar-refractivity contribution in [3.8, 4) is 6.07 Å². The van der Waals surface area contributed by atoms with E-state index in [9.17, 15) is 23.6 Å². The Kier molecular flexibility index (Phi) is 7.35. The van der Waals surface area contributed by atoms with Crippen molar-refractivity contribution < 1.29 is 23.1 Å². The summed E-state index contributed by atoms with van der Waals surface area (Å²) in [7, 11) is 0. The molecule has 0 spiro atoms. The first-order chi connectivity index (χ1) is 18.0. The third kappa shape index (κ3) is 5.15. The third-order valence-corrected chi connectivity index (χ3v) is 7.55. The van der Waals surface area contributed by atoms with Crippen molar-refractivity contribution in [1.29, 1.82) is 5.26 Å². The predicted molar refractivity (Wildman–Crippen MR) is 132 cm³/mol. The molecule has 0 aromatic heterocycles. The summed E-state index contributed by atoms with van der Waals surface area (Å²) in [6.07, 6.45) is 1.53. The molecule has 2 N–H and O–H groups in total. The van der Waals surface area contributed by atoms with Crippen LogP contribution in [-0.4, -0.2) is 61.8 Å². The highest BCUT2D eigenvalue weighted by Crippen LogP contribution is 2.31. The zero-order valence-electron chi connectivity index (χ0n) is 20.3. The number of benzene rings is 2. The Bertz CT molecular complexity index is 1200. The van der Waals surface area contributed by atoms with Crippen LogP contribution in [0.15, 0.2) is 42.5 Å². The standard InChI is InChI=1S/C27H29F2N5O3/c28-21-6-5-17(13-22(21)29)24-16-37-27(36)34(24)26(35)25(19-7-10-31-15-19)32-20-8-11-33(12-9-20)23-4-2-1-3-18(23)14-30/h1-6,13,19-20,24-25,31-32H,7-12,15-16H2. The summed E-state index contributed by atoms with van der Waals surface area (Å²) in [6.45, 7) is 2.75. The summed E-state index contributed by atoms with van der Waals surface area (Å²) in [4.78, 5) is 29.7. The lowest BCUT2D eigenvalue weighted by Gasteiger charge is -2.37. The van der Waals surface area contributed by atoms with E-state index >= 15 is 0 Å². The van der Waals surface area contributed by atoms with Gasteiger partial charge in [0.15, 0.2) is 11.6 Å². The van der Waals surface area contributed by atoms with Gasteiger partial charge in [-0.25, -0.2) is 18.5 Å². The number of nitrogens with one attached hydrogen (secondary N) is 2. The molecule has 5 rings (SSSR count). The van der Waals surface area contributed by atoms with Crippen LogP contribution in [0.5, 0.6) is 0 Å². The molecular weight excluding hydrogens is 480 g/mol. The van der Waals surface area contributed by atoms with Crippen LogP contribution >= 0.6 is 0 Å². The second-order valence-electron chi connectivity index (χ2n) is 9.76. The number of imide groups is 1. The number of halogens is 2. The van der Waals surface area contributed by atoms with Gasteiger partial charge in [-0.15, -0.1) is 0 Å². The monoisotopic (exact) mass is 509 g/mol. The highest BCUT2D eigenvalue weighted by molar-refractivity contribution is 5.96. The average Bonchev–Trinajstić information content (AvgIpc) is 3.59. The number of para-hydroxylation sites is 1. The van der Waals surface area contributed by atoms with E-state index in [0.717, 1.165) is 61.6 Å². The number of nitrogens with zero attached hydrogens (tertiary/aromatic N) is 3. The summed E-state index contributed by atoms with van der Waals surface area (Å²) in [6, 6.07) is 11.7. The molecule has 0 radical (unpaired) electrons. The summed E-state index contributed by atoms with van der Waals surface area (Å²) in [5.74, 6) is -2.47. The van der Waals surface area contributed by atoms with Crippen molar-refractivity contribution in [3.05, 3.63) is 65.2 Å². The number of rotatable bonds is 6. The number of carbonyl (C=O) groups excluding carboxylic acids is 2. The minimum atomic E-state index is -1.04. The van der Waals surface area contributed by atoms with Crippen LogP contribution in [0.25, 0.3) is 0 Å². The van der Waals surface area contributed by atoms with Gasteiger partial charge in [0, 0.05) is 25.7 Å². The maximum Gasteiger partial charge on any atom is 0.417 e. The molecule has 37 heavy (non-hydrogen) atoms. The van der Waals surface area contributed by atoms with E-state index in [4.69, 9.17) is 4.74 Å². The largest absolute Gasteiger partial charge is 0.446 e. The van der Waals surface area contributed by atoms with Gasteiger partial charge in [0.25, 0.3) is 0 Å². The fraction of sp³-hybridized carbons (Fsp3) is 0.444. The van der Waals surface area contributed by atoms with E-state index in [0.29, 0.717) is 17.7 Å². The van der Waals surface area contributed by atoms with Gasteiger partial charge in [-0.1, -0.05) is 18.2 Å². The Morgan fingerprint density at radius 3 is 2.62 bits per heavy atom. The van der Waals surface area contributed by atoms with Crippen molar-refractivity contribution in [2.24, 2.45) is 5.92 Å². The molecule has 2 amide bonds. The lowest BCUT2D eigenvalue weighted by molar-refractivity contribution is -0.133. The summed E-state index contributed by atoms with van der Waals surface area (Å²) < 4.78 is 32.6. The normalized spacial score (nSPS) is 23.1. The minimum absolute atomic E-state index is 0.0242. The second kappa shape index (κ2) is 10.8. The van der Waals surface area contributed by atoms with Gasteiger partial charge in [0.2, 0.25) is 5.91 Å². The molecular formula is C27H29F2N5O3. The van der Waals surface area contributed by atoms with Gasteiger partial charge in [0.05, 0.1) is 17.3 Å². The van der Waals surface area contributed by atoms with E-state index in [2.05, 4.69) is 21.6 Å². The molecule has 10 heteroatoms. The Morgan fingerprint density at radius 1 is 1.14 bits per heavy atom. The molecule has 2 aromatic rings. The molecule has 3 unspecified atom stereocenters. The molecule has 0 bridgehead atoms. The van der Waals surface area contributed by atoms with Crippen LogP contribution in [0.2, 0.25) is 0 Å². The van der Waals surface area contributed by atoms with Crippen molar-refractivity contribution in [2.45, 2.75) is 37.4 Å². The zero-order valence-corrected chi connectivity index (χ0v) is 20.3. The molecule has 194 valence electrons. The van der Waals surface area contributed by atoms with Crippen LogP contribution in [0, 0.1) is 28.9 Å². The molecule has 2 aromatic carbocycles. The molecule has 3 fully saturated rings. The van der Waals surface area contributed by atoms with Crippen LogP contribution in [0.1, 0.15) is 36.4 Å². The van der Waals surface area contributed by atoms with Gasteiger partial charge in [-0.2, -0.15) is 5.26 Å². The van der Waals surface area contributed by atoms with Crippen molar-refractivity contribution in [1.82, 2.24) is 15.5 Å². The van der Waals surface area contributed by atoms with Crippen LogP contribution in [-0.2, 0) is 9.53 Å². The minimum Gasteiger partial charge on any atom is -0.446 e. The average molecular weight is 510 g/mol. The molecule has 3 aliphatic rings. The van der Waals surface area contributed by atoms with Gasteiger partial charge < -0.3 is 20.3 Å². The van der Waals surface area contributed by atoms with Crippen LogP contribution in [0.3, 0.4) is 0 Å². The molecule has 0 saturated carbocycles. The van der Waals surface area contributed by atoms with Gasteiger partial charge in [0.1, 0.15) is 18.7 Å². The quantitative estimate of drug-likeness (QED) is 0.618. The highest BCUT2D eigenvalue weighted by atomic mass is 19.2. The number of carbonyl (C=O) groups is 2. The Hall–Kier alpha value is -3.55. The number of hydrogen-bond donors (Lipinski definition) is 2. The van der Waals surface area contributed by atoms with Crippen molar-refractivity contribution >= 4 is 17.7 Å². The van der Waals surface area contributed by atoms with E-state index in [1.807, 2.05) is 18.2 Å². The molecule has 8 nitrogen and oxygen atoms in total. The topological polar surface area (TPSA) is 97.7 Å². The summed E-state index contributed by atoms with van der Waals surface area (Å²) in [5.41, 5.74) is 1.85. The summed E-state index contributed by atoms with van der Waals surface area (Å²) in [5, 5.41) is 16.3. The maximum absolute atomic E-state index is 13.9. The van der Waals surface area contributed by atoms with E-state index in [1.165, 1.54) is 6.07 Å². The fourth-order valence-corrected chi connectivity index (χ4v) is 5.54. The molecule has 3 saturated heterocycles. The third-order valence-electron chi connectivity index (χ3n) is 7.55. The molecule has 3 aliphatic heterocycles. The van der Waals surface area contributed by atoms with Gasteiger partial charge in [-0.3, -0.25) is 4.79 Å². The van der Waals surface area contributed by atoms with Gasteiger partial charge >= 0.3 is 6.09 Å². The Labute approximate surface area is 214 Å². The molecule has 3 atom stereocenters. The fourth-order valence-electron chi connectivity index (χ4n) is 5.54. The number of anilines is 1. The predicted octanol–water partition coefficient (Wildman–Crippen LogP) is 3.09. The summed E-state index contributed by atoms with van der Waals surface area (Å²) >= 11 is 0. The number of ether oxygens (including phenoxy) is 1. The van der Waals surface area contributed by atoms with Crippen molar-refractivity contribution in [3.63, 3.8) is 0 Å². The lowest BCUT2D eigenvalue weighted by Crippen LogP contribution is -2.56. The molecule has 3 heterocycles.